The van der Waals surface area contributed by atoms with Crippen LogP contribution in [0.4, 0.5) is 0 Å². The molecule has 2 nitrogen and oxygen atoms in total. The Morgan fingerprint density at radius 3 is 3.00 bits per heavy atom. The maximum absolute atomic E-state index is 6.64. The number of rotatable bonds is 4. The van der Waals surface area contributed by atoms with Crippen molar-refractivity contribution in [2.45, 2.75) is 32.1 Å². The fourth-order valence-corrected chi connectivity index (χ4v) is 2.79. The maximum atomic E-state index is 6.64. The van der Waals surface area contributed by atoms with Crippen molar-refractivity contribution in [2.75, 3.05) is 19.8 Å². The van der Waals surface area contributed by atoms with E-state index in [1.807, 2.05) is 13.0 Å². The van der Waals surface area contributed by atoms with Crippen molar-refractivity contribution < 1.29 is 9.47 Å². The molecule has 0 radical (unpaired) electrons. The summed E-state index contributed by atoms with van der Waals surface area (Å²) in [5, 5.41) is -0.0215. The summed E-state index contributed by atoms with van der Waals surface area (Å²) in [5.74, 6) is 1.30. The minimum atomic E-state index is -0.0215. The van der Waals surface area contributed by atoms with Crippen molar-refractivity contribution in [3.8, 4) is 5.75 Å². The van der Waals surface area contributed by atoms with Crippen LogP contribution in [0, 0.1) is 12.8 Å². The zero-order valence-electron chi connectivity index (χ0n) is 11.1. The number of hydrogen-bond acceptors (Lipinski definition) is 2. The summed E-state index contributed by atoms with van der Waals surface area (Å²) in [7, 11) is 0. The highest BCUT2D eigenvalue weighted by Gasteiger charge is 2.26. The fourth-order valence-electron chi connectivity index (χ4n) is 2.42. The number of benzene rings is 1. The van der Waals surface area contributed by atoms with Gasteiger partial charge in [0, 0.05) is 18.1 Å². The largest absolute Gasteiger partial charge is 0.494 e. The van der Waals surface area contributed by atoms with Crippen LogP contribution in [0.5, 0.6) is 5.75 Å². The first-order valence-electron chi connectivity index (χ1n) is 6.67. The lowest BCUT2D eigenvalue weighted by atomic mass is 9.92. The summed E-state index contributed by atoms with van der Waals surface area (Å²) in [5.41, 5.74) is 2.32. The van der Waals surface area contributed by atoms with Crippen LogP contribution in [0.25, 0.3) is 0 Å². The highest BCUT2D eigenvalue weighted by Crippen LogP contribution is 2.39. The van der Waals surface area contributed by atoms with Gasteiger partial charge in [-0.25, -0.2) is 0 Å². The summed E-state index contributed by atoms with van der Waals surface area (Å²) < 4.78 is 11.2. The van der Waals surface area contributed by atoms with Crippen LogP contribution < -0.4 is 4.74 Å². The molecule has 0 saturated carbocycles. The lowest BCUT2D eigenvalue weighted by molar-refractivity contribution is 0.0529. The molecule has 0 bridgehead atoms. The lowest BCUT2D eigenvalue weighted by Crippen LogP contribution is -2.21. The predicted molar refractivity (Wildman–Crippen MR) is 74.5 cm³/mol. The van der Waals surface area contributed by atoms with E-state index >= 15 is 0 Å². The van der Waals surface area contributed by atoms with Gasteiger partial charge in [-0.3, -0.25) is 0 Å². The monoisotopic (exact) mass is 268 g/mol. The van der Waals surface area contributed by atoms with Crippen molar-refractivity contribution in [3.63, 3.8) is 0 Å². The second-order valence-corrected chi connectivity index (χ2v) is 5.32. The molecule has 2 atom stereocenters. The molecule has 2 unspecified atom stereocenters. The van der Waals surface area contributed by atoms with Crippen LogP contribution in [0.3, 0.4) is 0 Å². The molecule has 1 aliphatic rings. The predicted octanol–water partition coefficient (Wildman–Crippen LogP) is 4.10. The van der Waals surface area contributed by atoms with E-state index in [1.165, 1.54) is 5.56 Å². The standard InChI is InChI=1S/C15H21ClO2/c1-3-18-14-7-6-11(2)9-13(14)15(16)12-5-4-8-17-10-12/h6-7,9,12,15H,3-5,8,10H2,1-2H3. The summed E-state index contributed by atoms with van der Waals surface area (Å²) >= 11 is 6.64. The molecule has 0 amide bonds. The van der Waals surface area contributed by atoms with Crippen LogP contribution in [-0.2, 0) is 4.74 Å². The number of hydrogen-bond donors (Lipinski definition) is 0. The molecular weight excluding hydrogens is 248 g/mol. The zero-order valence-corrected chi connectivity index (χ0v) is 11.9. The summed E-state index contributed by atoms with van der Waals surface area (Å²) in [6.45, 7) is 6.37. The third-order valence-corrected chi connectivity index (χ3v) is 3.96. The van der Waals surface area contributed by atoms with E-state index < -0.39 is 0 Å². The molecular formula is C15H21ClO2. The average molecular weight is 269 g/mol. The van der Waals surface area contributed by atoms with Gasteiger partial charge in [-0.05, 0) is 32.8 Å². The van der Waals surface area contributed by atoms with Crippen LogP contribution in [0.1, 0.15) is 36.3 Å². The quantitative estimate of drug-likeness (QED) is 0.766. The highest BCUT2D eigenvalue weighted by molar-refractivity contribution is 6.21. The van der Waals surface area contributed by atoms with Crippen molar-refractivity contribution in [3.05, 3.63) is 29.3 Å². The second-order valence-electron chi connectivity index (χ2n) is 4.85. The van der Waals surface area contributed by atoms with Gasteiger partial charge in [0.05, 0.1) is 18.6 Å². The molecule has 1 aromatic carbocycles. The number of ether oxygens (including phenoxy) is 2. The average Bonchev–Trinajstić information content (AvgIpc) is 2.41. The van der Waals surface area contributed by atoms with Gasteiger partial charge in [-0.1, -0.05) is 17.7 Å². The topological polar surface area (TPSA) is 18.5 Å². The minimum Gasteiger partial charge on any atom is -0.494 e. The van der Waals surface area contributed by atoms with E-state index in [1.54, 1.807) is 0 Å². The minimum absolute atomic E-state index is 0.0215. The van der Waals surface area contributed by atoms with E-state index in [4.69, 9.17) is 21.1 Å². The summed E-state index contributed by atoms with van der Waals surface area (Å²) in [6.07, 6.45) is 2.23. The normalized spacial score (nSPS) is 21.6. The molecule has 0 N–H and O–H groups in total. The van der Waals surface area contributed by atoms with Gasteiger partial charge in [-0.2, -0.15) is 0 Å². The van der Waals surface area contributed by atoms with Gasteiger partial charge in [0.2, 0.25) is 0 Å². The SMILES string of the molecule is CCOc1ccc(C)cc1C(Cl)C1CCCOC1. The Balaban J connectivity index is 2.21. The molecule has 2 rings (SSSR count). The Labute approximate surface area is 114 Å². The third-order valence-electron chi connectivity index (χ3n) is 3.37. The lowest BCUT2D eigenvalue weighted by Gasteiger charge is -2.27. The van der Waals surface area contributed by atoms with E-state index in [-0.39, 0.29) is 5.38 Å². The Kier molecular flexibility index (Phi) is 4.90. The molecule has 3 heteroatoms. The smallest absolute Gasteiger partial charge is 0.123 e. The molecule has 100 valence electrons. The molecule has 0 aromatic heterocycles. The van der Waals surface area contributed by atoms with Gasteiger partial charge in [0.25, 0.3) is 0 Å². The molecule has 18 heavy (non-hydrogen) atoms. The second kappa shape index (κ2) is 6.44. The maximum Gasteiger partial charge on any atom is 0.123 e. The third kappa shape index (κ3) is 3.18. The highest BCUT2D eigenvalue weighted by atomic mass is 35.5. The molecule has 1 fully saturated rings. The van der Waals surface area contributed by atoms with Crippen molar-refractivity contribution >= 4 is 11.6 Å². The van der Waals surface area contributed by atoms with Crippen molar-refractivity contribution in [1.82, 2.24) is 0 Å². The Hall–Kier alpha value is -0.730. The molecule has 1 saturated heterocycles. The molecule has 0 aliphatic carbocycles. The zero-order chi connectivity index (χ0) is 13.0. The number of aryl methyl sites for hydroxylation is 1. The summed E-state index contributed by atoms with van der Waals surface area (Å²) in [6, 6.07) is 6.22. The van der Waals surface area contributed by atoms with Gasteiger partial charge in [-0.15, -0.1) is 11.6 Å². The number of halogens is 1. The Bertz CT molecular complexity index is 386. The number of alkyl halides is 1. The van der Waals surface area contributed by atoms with Crippen molar-refractivity contribution in [1.29, 1.82) is 0 Å². The van der Waals surface area contributed by atoms with Gasteiger partial charge < -0.3 is 9.47 Å². The molecule has 0 spiro atoms. The molecule has 1 aliphatic heterocycles. The van der Waals surface area contributed by atoms with E-state index in [0.717, 1.165) is 37.4 Å². The van der Waals surface area contributed by atoms with E-state index in [2.05, 4.69) is 19.1 Å². The summed E-state index contributed by atoms with van der Waals surface area (Å²) in [4.78, 5) is 0. The van der Waals surface area contributed by atoms with Gasteiger partial charge in [0.15, 0.2) is 0 Å². The van der Waals surface area contributed by atoms with Crippen LogP contribution in [0.2, 0.25) is 0 Å². The first-order valence-corrected chi connectivity index (χ1v) is 7.11. The Morgan fingerprint density at radius 1 is 1.50 bits per heavy atom. The van der Waals surface area contributed by atoms with Crippen LogP contribution in [-0.4, -0.2) is 19.8 Å². The van der Waals surface area contributed by atoms with E-state index in [0.29, 0.717) is 12.5 Å². The van der Waals surface area contributed by atoms with Gasteiger partial charge >= 0.3 is 0 Å². The molecule has 1 aromatic rings. The Morgan fingerprint density at radius 2 is 2.33 bits per heavy atom. The van der Waals surface area contributed by atoms with Crippen molar-refractivity contribution in [2.24, 2.45) is 5.92 Å². The van der Waals surface area contributed by atoms with Gasteiger partial charge in [0.1, 0.15) is 5.75 Å². The molecule has 1 heterocycles. The van der Waals surface area contributed by atoms with E-state index in [9.17, 15) is 0 Å². The fraction of sp³-hybridized carbons (Fsp3) is 0.600. The first kappa shape index (κ1) is 13.7. The van der Waals surface area contributed by atoms with Crippen LogP contribution >= 0.6 is 11.6 Å². The van der Waals surface area contributed by atoms with Crippen LogP contribution in [0.15, 0.2) is 18.2 Å². The first-order chi connectivity index (χ1) is 8.72.